The maximum Gasteiger partial charge on any atom is 0.247 e. The molecule has 3 fully saturated rings. The first-order valence-corrected chi connectivity index (χ1v) is 15.4. The maximum atomic E-state index is 14.6. The number of carbonyl (C=O) groups excluding carboxylic acids is 3. The first kappa shape index (κ1) is 30.4. The molecule has 40 heavy (non-hydrogen) atoms. The normalized spacial score (nSPS) is 28.6. The van der Waals surface area contributed by atoms with Crippen molar-refractivity contribution in [3.63, 3.8) is 0 Å². The van der Waals surface area contributed by atoms with Crippen molar-refractivity contribution in [2.75, 3.05) is 24.6 Å². The van der Waals surface area contributed by atoms with Gasteiger partial charge in [0.25, 0.3) is 0 Å². The molecule has 1 N–H and O–H groups in total. The van der Waals surface area contributed by atoms with Gasteiger partial charge in [0.2, 0.25) is 17.7 Å². The van der Waals surface area contributed by atoms with E-state index in [1.165, 1.54) is 0 Å². The molecular weight excluding hydrogens is 522 g/mol. The van der Waals surface area contributed by atoms with Gasteiger partial charge in [-0.3, -0.25) is 14.4 Å². The maximum absolute atomic E-state index is 14.6. The van der Waals surface area contributed by atoms with Gasteiger partial charge < -0.3 is 19.8 Å². The summed E-state index contributed by atoms with van der Waals surface area (Å²) in [7, 11) is 0. The number of rotatable bonds is 11. The molecule has 0 aromatic heterocycles. The number of fused-ring (bicyclic) bond motifs is 1. The Morgan fingerprint density at radius 3 is 2.38 bits per heavy atom. The van der Waals surface area contributed by atoms with Crippen LogP contribution in [-0.4, -0.2) is 79.9 Å². The van der Waals surface area contributed by atoms with Gasteiger partial charge in [-0.15, -0.1) is 24.9 Å². The highest BCUT2D eigenvalue weighted by Gasteiger charge is 2.75. The average molecular weight is 568 g/mol. The fraction of sp³-hybridized carbons (Fsp3) is 0.594. The molecule has 8 heteroatoms. The Kier molecular flexibility index (Phi) is 8.91. The smallest absolute Gasteiger partial charge is 0.247 e. The number of hydrogen-bond donors (Lipinski definition) is 1. The lowest BCUT2D eigenvalue weighted by Crippen LogP contribution is -2.61. The van der Waals surface area contributed by atoms with Gasteiger partial charge >= 0.3 is 0 Å². The standard InChI is InChI=1S/C32H45N3O4S/c1-8-18-33(22-14-12-11-13-15-22)28(37)25-24-16-17-32(40-24)26(25)29(38)35(23(20-36)21(4)10-3)27(32)30(39)34(19-9-2)31(5,6)7/h8-9,11-15,21,23-27,36H,1-2,10,16-20H2,3-7H3/t21-,23-,24+,25-,26-,27?,32?/m0/s1. The predicted octanol–water partition coefficient (Wildman–Crippen LogP) is 4.52. The summed E-state index contributed by atoms with van der Waals surface area (Å²) in [6, 6.07) is 8.22. The Morgan fingerprint density at radius 2 is 1.82 bits per heavy atom. The van der Waals surface area contributed by atoms with Crippen molar-refractivity contribution < 1.29 is 19.5 Å². The number of amides is 3. The van der Waals surface area contributed by atoms with Crippen molar-refractivity contribution in [2.45, 2.75) is 81.5 Å². The van der Waals surface area contributed by atoms with Crippen LogP contribution in [0.5, 0.6) is 0 Å². The molecular formula is C32H45N3O4S. The van der Waals surface area contributed by atoms with Crippen LogP contribution in [0, 0.1) is 17.8 Å². The second-order valence-electron chi connectivity index (χ2n) is 12.4. The molecule has 0 aliphatic carbocycles. The van der Waals surface area contributed by atoms with Crippen molar-refractivity contribution >= 4 is 35.2 Å². The molecule has 2 unspecified atom stereocenters. The number of thioether (sulfide) groups is 1. The van der Waals surface area contributed by atoms with Gasteiger partial charge in [-0.25, -0.2) is 0 Å². The topological polar surface area (TPSA) is 81.2 Å². The minimum atomic E-state index is -0.757. The van der Waals surface area contributed by atoms with E-state index in [1.54, 1.807) is 38.6 Å². The predicted molar refractivity (Wildman–Crippen MR) is 162 cm³/mol. The third-order valence-electron chi connectivity index (χ3n) is 9.14. The number of para-hydroxylation sites is 1. The summed E-state index contributed by atoms with van der Waals surface area (Å²) in [4.78, 5) is 48.8. The summed E-state index contributed by atoms with van der Waals surface area (Å²) in [5, 5.41) is 10.5. The quantitative estimate of drug-likeness (QED) is 0.398. The van der Waals surface area contributed by atoms with E-state index in [4.69, 9.17) is 0 Å². The molecule has 3 amide bonds. The Morgan fingerprint density at radius 1 is 1.18 bits per heavy atom. The van der Waals surface area contributed by atoms with Gasteiger partial charge in [-0.05, 0) is 51.7 Å². The number of anilines is 1. The van der Waals surface area contributed by atoms with Crippen molar-refractivity contribution in [1.82, 2.24) is 9.80 Å². The van der Waals surface area contributed by atoms with Crippen LogP contribution in [0.15, 0.2) is 55.6 Å². The second kappa shape index (κ2) is 11.7. The van der Waals surface area contributed by atoms with Crippen LogP contribution < -0.4 is 4.90 Å². The molecule has 4 rings (SSSR count). The van der Waals surface area contributed by atoms with Crippen LogP contribution in [0.25, 0.3) is 0 Å². The zero-order chi connectivity index (χ0) is 29.4. The monoisotopic (exact) mass is 567 g/mol. The third kappa shape index (κ3) is 4.91. The minimum Gasteiger partial charge on any atom is -0.394 e. The van der Waals surface area contributed by atoms with E-state index in [0.717, 1.165) is 18.5 Å². The van der Waals surface area contributed by atoms with E-state index in [9.17, 15) is 19.5 Å². The number of hydrogen-bond acceptors (Lipinski definition) is 5. The van der Waals surface area contributed by atoms with Crippen LogP contribution in [-0.2, 0) is 14.4 Å². The zero-order valence-corrected chi connectivity index (χ0v) is 25.4. The first-order valence-electron chi connectivity index (χ1n) is 14.5. The van der Waals surface area contributed by atoms with E-state index in [1.807, 2.05) is 65.0 Å². The average Bonchev–Trinajstić information content (AvgIpc) is 3.57. The van der Waals surface area contributed by atoms with E-state index in [2.05, 4.69) is 13.2 Å². The fourth-order valence-electron chi connectivity index (χ4n) is 7.03. The number of aliphatic hydroxyl groups is 1. The number of benzene rings is 1. The van der Waals surface area contributed by atoms with Crippen molar-refractivity contribution in [3.05, 3.63) is 55.6 Å². The molecule has 3 saturated heterocycles. The van der Waals surface area contributed by atoms with Crippen molar-refractivity contribution in [3.8, 4) is 0 Å². The Labute approximate surface area is 243 Å². The minimum absolute atomic E-state index is 0.0140. The molecule has 1 spiro atoms. The number of nitrogens with zero attached hydrogens (tertiary/aromatic N) is 3. The van der Waals surface area contributed by atoms with Gasteiger partial charge in [-0.2, -0.15) is 0 Å². The van der Waals surface area contributed by atoms with Crippen LogP contribution in [0.3, 0.4) is 0 Å². The molecule has 1 aromatic carbocycles. The zero-order valence-electron chi connectivity index (χ0n) is 24.6. The second-order valence-corrected chi connectivity index (χ2v) is 14.0. The summed E-state index contributed by atoms with van der Waals surface area (Å²) in [6.45, 7) is 18.2. The van der Waals surface area contributed by atoms with Gasteiger partial charge in [-0.1, -0.05) is 50.6 Å². The molecule has 7 atom stereocenters. The first-order chi connectivity index (χ1) is 19.0. The van der Waals surface area contributed by atoms with Crippen molar-refractivity contribution in [1.29, 1.82) is 0 Å². The summed E-state index contributed by atoms with van der Waals surface area (Å²) < 4.78 is -0.721. The summed E-state index contributed by atoms with van der Waals surface area (Å²) in [6.07, 6.45) is 5.63. The Hall–Kier alpha value is -2.58. The highest BCUT2D eigenvalue weighted by Crippen LogP contribution is 2.67. The van der Waals surface area contributed by atoms with Crippen LogP contribution >= 0.6 is 11.8 Å². The van der Waals surface area contributed by atoms with Crippen LogP contribution in [0.1, 0.15) is 53.9 Å². The summed E-state index contributed by atoms with van der Waals surface area (Å²) in [5.41, 5.74) is 0.270. The Balaban J connectivity index is 1.83. The van der Waals surface area contributed by atoms with Crippen LogP contribution in [0.2, 0.25) is 0 Å². The lowest BCUT2D eigenvalue weighted by atomic mass is 9.70. The van der Waals surface area contributed by atoms with E-state index in [0.29, 0.717) is 19.5 Å². The van der Waals surface area contributed by atoms with E-state index < -0.39 is 34.2 Å². The molecule has 2 bridgehead atoms. The number of likely N-dealkylation sites (tertiary alicyclic amines) is 1. The van der Waals surface area contributed by atoms with E-state index >= 15 is 0 Å². The highest BCUT2D eigenvalue weighted by molar-refractivity contribution is 8.02. The molecule has 1 aromatic rings. The Bertz CT molecular complexity index is 1130. The third-order valence-corrected chi connectivity index (χ3v) is 11.1. The number of aliphatic hydroxyl groups excluding tert-OH is 1. The van der Waals surface area contributed by atoms with Crippen LogP contribution in [0.4, 0.5) is 5.69 Å². The van der Waals surface area contributed by atoms with Crippen molar-refractivity contribution in [2.24, 2.45) is 17.8 Å². The SMILES string of the molecule is C=CCN(C(=O)[C@@H]1[C@H]2C(=O)N([C@@H](CO)[C@@H](C)CC)C(C(=O)N(CC=C)C(C)(C)C)C23CC[C@H]1S3)c1ccccc1. The molecule has 3 heterocycles. The fourth-order valence-corrected chi connectivity index (χ4v) is 9.23. The highest BCUT2D eigenvalue weighted by atomic mass is 32.2. The largest absolute Gasteiger partial charge is 0.394 e. The lowest BCUT2D eigenvalue weighted by Gasteiger charge is -2.44. The molecule has 3 aliphatic heterocycles. The molecule has 7 nitrogen and oxygen atoms in total. The van der Waals surface area contributed by atoms with E-state index in [-0.39, 0.29) is 35.5 Å². The van der Waals surface area contributed by atoms with Gasteiger partial charge in [0, 0.05) is 29.6 Å². The molecule has 0 radical (unpaired) electrons. The number of carbonyl (C=O) groups is 3. The lowest BCUT2D eigenvalue weighted by molar-refractivity contribution is -0.149. The summed E-state index contributed by atoms with van der Waals surface area (Å²) >= 11 is 1.66. The molecule has 3 aliphatic rings. The van der Waals surface area contributed by atoms with Gasteiger partial charge in [0.15, 0.2) is 0 Å². The molecule has 218 valence electrons. The summed E-state index contributed by atoms with van der Waals surface area (Å²) in [5.74, 6) is -1.59. The van der Waals surface area contributed by atoms with Gasteiger partial charge in [0.05, 0.1) is 29.2 Å². The molecule has 0 saturated carbocycles. The van der Waals surface area contributed by atoms with Gasteiger partial charge in [0.1, 0.15) is 6.04 Å².